The van der Waals surface area contributed by atoms with Gasteiger partial charge < -0.3 is 5.32 Å². The second kappa shape index (κ2) is 10.2. The van der Waals surface area contributed by atoms with Gasteiger partial charge >= 0.3 is 0 Å². The van der Waals surface area contributed by atoms with Crippen molar-refractivity contribution in [1.82, 2.24) is 5.32 Å². The summed E-state index contributed by atoms with van der Waals surface area (Å²) >= 11 is 0. The van der Waals surface area contributed by atoms with E-state index in [4.69, 9.17) is 0 Å². The molecule has 0 spiro atoms. The Morgan fingerprint density at radius 2 is 1.11 bits per heavy atom. The molecular formula is C24H45B2N. The van der Waals surface area contributed by atoms with Gasteiger partial charge in [-0.15, -0.1) is 0 Å². The standard InChI is InChI=1S/C24H45B2N/c1-2-3-4-18-27-19-17-24(25-20-9-5-10-21(25)12-6-11-20)26-22-13-7-14-23(26)16-8-15-22/h20-24,27H,2-19H2,1H3. The monoisotopic (exact) mass is 369 g/mol. The van der Waals surface area contributed by atoms with E-state index in [9.17, 15) is 0 Å². The average Bonchev–Trinajstić information content (AvgIpc) is 2.66. The van der Waals surface area contributed by atoms with Crippen molar-refractivity contribution in [1.29, 1.82) is 0 Å². The molecule has 0 unspecified atom stereocenters. The van der Waals surface area contributed by atoms with Crippen LogP contribution >= 0.6 is 0 Å². The van der Waals surface area contributed by atoms with E-state index >= 15 is 0 Å². The fourth-order valence-corrected chi connectivity index (χ4v) is 8.39. The molecule has 0 aromatic rings. The van der Waals surface area contributed by atoms with Crippen molar-refractivity contribution in [2.45, 2.75) is 139 Å². The van der Waals surface area contributed by atoms with Crippen LogP contribution in [0.25, 0.3) is 0 Å². The van der Waals surface area contributed by atoms with Crippen LogP contribution in [0.15, 0.2) is 0 Å². The first-order valence-corrected chi connectivity index (χ1v) is 13.1. The molecule has 1 N–H and O–H groups in total. The van der Waals surface area contributed by atoms with Gasteiger partial charge in [-0.25, -0.2) is 0 Å². The van der Waals surface area contributed by atoms with Crippen molar-refractivity contribution >= 4 is 13.4 Å². The van der Waals surface area contributed by atoms with Gasteiger partial charge in [0.15, 0.2) is 0 Å². The third kappa shape index (κ3) is 4.81. The third-order valence-electron chi connectivity index (χ3n) is 9.38. The summed E-state index contributed by atoms with van der Waals surface area (Å²) in [6.45, 7) is 7.10. The maximum absolute atomic E-state index is 3.86. The van der Waals surface area contributed by atoms with Crippen LogP contribution in [0.1, 0.15) is 110 Å². The van der Waals surface area contributed by atoms with Crippen molar-refractivity contribution in [3.8, 4) is 0 Å². The van der Waals surface area contributed by atoms with Crippen molar-refractivity contribution in [3.63, 3.8) is 0 Å². The Morgan fingerprint density at radius 3 is 1.52 bits per heavy atom. The second-order valence-corrected chi connectivity index (χ2v) is 10.8. The summed E-state index contributed by atoms with van der Waals surface area (Å²) in [4.78, 5) is 0. The third-order valence-corrected chi connectivity index (χ3v) is 9.38. The molecule has 0 aromatic heterocycles. The lowest BCUT2D eigenvalue weighted by molar-refractivity contribution is 0.421. The maximum Gasteiger partial charge on any atom is 0.142 e. The molecule has 0 aromatic carbocycles. The molecule has 27 heavy (non-hydrogen) atoms. The quantitative estimate of drug-likeness (QED) is 0.333. The number of hydrogen-bond acceptors (Lipinski definition) is 1. The van der Waals surface area contributed by atoms with Gasteiger partial charge in [0, 0.05) is 0 Å². The largest absolute Gasteiger partial charge is 0.317 e. The van der Waals surface area contributed by atoms with Crippen LogP contribution in [-0.4, -0.2) is 26.5 Å². The SMILES string of the molecule is CCCCCNCCC(B1C2CCCC1CCC2)B1C2CCCC1CCC2. The van der Waals surface area contributed by atoms with Crippen LogP contribution in [0.4, 0.5) is 0 Å². The van der Waals surface area contributed by atoms with E-state index in [-0.39, 0.29) is 0 Å². The van der Waals surface area contributed by atoms with E-state index < -0.39 is 0 Å². The molecule has 4 rings (SSSR count). The molecule has 152 valence electrons. The van der Waals surface area contributed by atoms with Gasteiger partial charge in [0.25, 0.3) is 0 Å². The molecule has 0 aliphatic carbocycles. The average molecular weight is 369 g/mol. The highest BCUT2D eigenvalue weighted by molar-refractivity contribution is 6.83. The molecule has 1 nitrogen and oxygen atoms in total. The van der Waals surface area contributed by atoms with E-state index in [1.165, 1.54) is 38.8 Å². The fraction of sp³-hybridized carbons (Fsp3) is 1.00. The van der Waals surface area contributed by atoms with Crippen molar-refractivity contribution in [2.24, 2.45) is 0 Å². The Bertz CT molecular complexity index is 366. The highest BCUT2D eigenvalue weighted by atomic mass is 14.8. The lowest BCUT2D eigenvalue weighted by Crippen LogP contribution is -2.50. The zero-order valence-electron chi connectivity index (χ0n) is 18.3. The van der Waals surface area contributed by atoms with Gasteiger partial charge in [-0.3, -0.25) is 0 Å². The Kier molecular flexibility index (Phi) is 7.71. The number of rotatable bonds is 9. The topological polar surface area (TPSA) is 12.0 Å². The Labute approximate surface area is 170 Å². The van der Waals surface area contributed by atoms with Gasteiger partial charge in [0.05, 0.1) is 0 Å². The van der Waals surface area contributed by atoms with Crippen LogP contribution in [0.5, 0.6) is 0 Å². The summed E-state index contributed by atoms with van der Waals surface area (Å²) in [7, 11) is 0. The highest BCUT2D eigenvalue weighted by Gasteiger charge is 2.51. The predicted molar refractivity (Wildman–Crippen MR) is 123 cm³/mol. The van der Waals surface area contributed by atoms with Crippen molar-refractivity contribution in [3.05, 3.63) is 0 Å². The van der Waals surface area contributed by atoms with Gasteiger partial charge in [0.2, 0.25) is 0 Å². The first-order chi connectivity index (χ1) is 13.4. The number of fused-ring (bicyclic) bond motifs is 4. The molecule has 0 amide bonds. The summed E-state index contributed by atoms with van der Waals surface area (Å²) in [5.74, 6) is 4.41. The van der Waals surface area contributed by atoms with E-state index in [2.05, 4.69) is 12.2 Å². The minimum Gasteiger partial charge on any atom is -0.317 e. The Balaban J connectivity index is 1.45. The smallest absolute Gasteiger partial charge is 0.142 e. The van der Waals surface area contributed by atoms with Crippen molar-refractivity contribution in [2.75, 3.05) is 13.1 Å². The highest BCUT2D eigenvalue weighted by Crippen LogP contribution is 2.57. The van der Waals surface area contributed by atoms with E-state index in [0.29, 0.717) is 0 Å². The first-order valence-electron chi connectivity index (χ1n) is 13.1. The summed E-state index contributed by atoms with van der Waals surface area (Å²) in [5, 5.41) is 3.86. The summed E-state index contributed by atoms with van der Waals surface area (Å²) in [6, 6.07) is 0. The molecule has 4 bridgehead atoms. The summed E-state index contributed by atoms with van der Waals surface area (Å²) in [5.41, 5.74) is 1.06. The van der Waals surface area contributed by atoms with Crippen LogP contribution in [0.3, 0.4) is 0 Å². The predicted octanol–water partition coefficient (Wildman–Crippen LogP) is 7.27. The normalized spacial score (nSPS) is 34.6. The number of hydrogen-bond donors (Lipinski definition) is 1. The number of nitrogens with one attached hydrogen (secondary N) is 1. The second-order valence-electron chi connectivity index (χ2n) is 10.8. The van der Waals surface area contributed by atoms with Gasteiger partial charge in [-0.05, 0) is 19.5 Å². The maximum atomic E-state index is 3.86. The molecule has 4 saturated heterocycles. The molecule has 3 heteroatoms. The molecule has 4 aliphatic heterocycles. The minimum atomic E-state index is 1.06. The van der Waals surface area contributed by atoms with E-state index in [0.717, 1.165) is 42.4 Å². The molecule has 4 fully saturated rings. The van der Waals surface area contributed by atoms with Gasteiger partial charge in [0.1, 0.15) is 13.4 Å². The minimum absolute atomic E-state index is 1.06. The molecule has 4 heterocycles. The number of unbranched alkanes of at least 4 members (excludes halogenated alkanes) is 2. The fourth-order valence-electron chi connectivity index (χ4n) is 8.39. The zero-order chi connectivity index (χ0) is 18.5. The molecular weight excluding hydrogens is 324 g/mol. The van der Waals surface area contributed by atoms with Crippen LogP contribution in [0.2, 0.25) is 29.0 Å². The van der Waals surface area contributed by atoms with Gasteiger partial charge in [-0.1, -0.05) is 132 Å². The molecule has 0 radical (unpaired) electrons. The van der Waals surface area contributed by atoms with E-state index in [1.54, 1.807) is 77.0 Å². The van der Waals surface area contributed by atoms with Crippen LogP contribution in [-0.2, 0) is 0 Å². The summed E-state index contributed by atoms with van der Waals surface area (Å²) < 4.78 is 0. The molecule has 4 aliphatic rings. The summed E-state index contributed by atoms with van der Waals surface area (Å²) in [6.07, 6.45) is 24.4. The van der Waals surface area contributed by atoms with Crippen molar-refractivity contribution < 1.29 is 0 Å². The van der Waals surface area contributed by atoms with Gasteiger partial charge in [-0.2, -0.15) is 0 Å². The lowest BCUT2D eigenvalue weighted by Gasteiger charge is -2.51. The van der Waals surface area contributed by atoms with E-state index in [1.807, 2.05) is 0 Å². The molecule has 0 atom stereocenters. The van der Waals surface area contributed by atoms with Crippen LogP contribution in [0, 0.1) is 0 Å². The lowest BCUT2D eigenvalue weighted by atomic mass is 9.06. The Morgan fingerprint density at radius 1 is 0.667 bits per heavy atom. The molecule has 0 saturated carbocycles. The zero-order valence-corrected chi connectivity index (χ0v) is 18.3. The van der Waals surface area contributed by atoms with Crippen LogP contribution < -0.4 is 5.32 Å². The first kappa shape index (κ1) is 20.4. The Hall–Kier alpha value is 0.0899.